The molecule has 2 rings (SSSR count). The van der Waals surface area contributed by atoms with Gasteiger partial charge in [-0.25, -0.2) is 0 Å². The monoisotopic (exact) mass is 293 g/mol. The number of allylic oxidation sites excluding steroid dienone is 1. The van der Waals surface area contributed by atoms with E-state index in [0.29, 0.717) is 17.3 Å². The first-order valence-corrected chi connectivity index (χ1v) is 7.45. The maximum absolute atomic E-state index is 11.7. The second-order valence-electron chi connectivity index (χ2n) is 4.95. The van der Waals surface area contributed by atoms with E-state index < -0.39 is 0 Å². The van der Waals surface area contributed by atoms with E-state index in [9.17, 15) is 4.79 Å². The van der Waals surface area contributed by atoms with Crippen LogP contribution in [0.4, 0.5) is 0 Å². The highest BCUT2D eigenvalue weighted by atomic mass is 35.5. The van der Waals surface area contributed by atoms with Crippen molar-refractivity contribution in [1.82, 2.24) is 5.32 Å². The minimum Gasteiger partial charge on any atom is -0.484 e. The van der Waals surface area contributed by atoms with E-state index >= 15 is 0 Å². The average molecular weight is 294 g/mol. The van der Waals surface area contributed by atoms with Crippen LogP contribution in [0, 0.1) is 0 Å². The van der Waals surface area contributed by atoms with Gasteiger partial charge in [-0.05, 0) is 50.3 Å². The van der Waals surface area contributed by atoms with Crippen LogP contribution in [-0.2, 0) is 4.79 Å². The first-order valence-electron chi connectivity index (χ1n) is 7.07. The van der Waals surface area contributed by atoms with Gasteiger partial charge in [0, 0.05) is 11.6 Å². The lowest BCUT2D eigenvalue weighted by Crippen LogP contribution is -2.30. The zero-order valence-corrected chi connectivity index (χ0v) is 12.3. The van der Waals surface area contributed by atoms with Crippen molar-refractivity contribution in [2.24, 2.45) is 0 Å². The molecule has 0 bridgehead atoms. The number of rotatable bonds is 6. The molecule has 0 aliphatic heterocycles. The van der Waals surface area contributed by atoms with Gasteiger partial charge in [-0.1, -0.05) is 29.3 Å². The van der Waals surface area contributed by atoms with Crippen LogP contribution in [0.5, 0.6) is 5.75 Å². The number of nitrogens with one attached hydrogen (secondary N) is 1. The Morgan fingerprint density at radius 1 is 1.35 bits per heavy atom. The minimum absolute atomic E-state index is 0.0272. The van der Waals surface area contributed by atoms with Crippen molar-refractivity contribution in [3.05, 3.63) is 40.9 Å². The summed E-state index contributed by atoms with van der Waals surface area (Å²) in [6.45, 7) is 0.711. The Morgan fingerprint density at radius 2 is 2.25 bits per heavy atom. The molecule has 1 amide bonds. The summed E-state index contributed by atoms with van der Waals surface area (Å²) in [6.07, 6.45) is 8.18. The zero-order valence-electron chi connectivity index (χ0n) is 11.5. The van der Waals surface area contributed by atoms with Crippen molar-refractivity contribution in [2.75, 3.05) is 13.2 Å². The van der Waals surface area contributed by atoms with Crippen molar-refractivity contribution >= 4 is 17.5 Å². The van der Waals surface area contributed by atoms with Crippen molar-refractivity contribution in [3.63, 3.8) is 0 Å². The molecule has 0 heterocycles. The molecule has 0 atom stereocenters. The van der Waals surface area contributed by atoms with Gasteiger partial charge in [0.25, 0.3) is 5.91 Å². The molecule has 108 valence electrons. The standard InChI is InChI=1S/C16H20ClNO2/c17-14-7-4-8-15(11-14)20-12-16(19)18-10-9-13-5-2-1-3-6-13/h4-5,7-8,11H,1-3,6,9-10,12H2,(H,18,19). The first kappa shape index (κ1) is 14.9. The summed E-state index contributed by atoms with van der Waals surface area (Å²) in [5.41, 5.74) is 1.47. The van der Waals surface area contributed by atoms with Crippen LogP contribution in [0.3, 0.4) is 0 Å². The number of hydrogen-bond acceptors (Lipinski definition) is 2. The van der Waals surface area contributed by atoms with Crippen LogP contribution >= 0.6 is 11.6 Å². The Hall–Kier alpha value is -1.48. The number of amides is 1. The maximum atomic E-state index is 11.7. The van der Waals surface area contributed by atoms with E-state index in [4.69, 9.17) is 16.3 Å². The number of carbonyl (C=O) groups excluding carboxylic acids is 1. The fraction of sp³-hybridized carbons (Fsp3) is 0.438. The van der Waals surface area contributed by atoms with Gasteiger partial charge in [-0.3, -0.25) is 4.79 Å². The number of benzene rings is 1. The second-order valence-corrected chi connectivity index (χ2v) is 5.39. The summed E-state index contributed by atoms with van der Waals surface area (Å²) >= 11 is 5.84. The summed E-state index contributed by atoms with van der Waals surface area (Å²) in [7, 11) is 0. The molecule has 4 heteroatoms. The summed E-state index contributed by atoms with van der Waals surface area (Å²) in [6, 6.07) is 7.05. The van der Waals surface area contributed by atoms with Gasteiger partial charge >= 0.3 is 0 Å². The highest BCUT2D eigenvalue weighted by Crippen LogP contribution is 2.19. The Kier molecular flexibility index (Phi) is 5.93. The summed E-state index contributed by atoms with van der Waals surface area (Å²) in [5, 5.41) is 3.48. The quantitative estimate of drug-likeness (QED) is 0.812. The molecule has 0 unspecified atom stereocenters. The van der Waals surface area contributed by atoms with E-state index in [1.807, 2.05) is 0 Å². The lowest BCUT2D eigenvalue weighted by atomic mass is 9.97. The lowest BCUT2D eigenvalue weighted by molar-refractivity contribution is -0.123. The van der Waals surface area contributed by atoms with Crippen molar-refractivity contribution in [1.29, 1.82) is 0 Å². The Labute approximate surface area is 125 Å². The summed E-state index contributed by atoms with van der Waals surface area (Å²) in [4.78, 5) is 11.7. The van der Waals surface area contributed by atoms with Crippen LogP contribution in [0.1, 0.15) is 32.1 Å². The van der Waals surface area contributed by atoms with Gasteiger partial charge in [0.05, 0.1) is 0 Å². The fourth-order valence-corrected chi connectivity index (χ4v) is 2.43. The van der Waals surface area contributed by atoms with Gasteiger partial charge < -0.3 is 10.1 Å². The molecule has 1 aromatic carbocycles. The van der Waals surface area contributed by atoms with Crippen molar-refractivity contribution < 1.29 is 9.53 Å². The van der Waals surface area contributed by atoms with Gasteiger partial charge in [0.1, 0.15) is 5.75 Å². The van der Waals surface area contributed by atoms with Crippen LogP contribution in [0.2, 0.25) is 5.02 Å². The largest absolute Gasteiger partial charge is 0.484 e. The number of ether oxygens (including phenoxy) is 1. The predicted octanol–water partition coefficient (Wildman–Crippen LogP) is 3.73. The molecule has 1 aliphatic carbocycles. The van der Waals surface area contributed by atoms with Crippen LogP contribution in [0.25, 0.3) is 0 Å². The highest BCUT2D eigenvalue weighted by Gasteiger charge is 2.06. The molecule has 0 aromatic heterocycles. The molecule has 0 saturated heterocycles. The Bertz CT molecular complexity index is 485. The third-order valence-corrected chi connectivity index (χ3v) is 3.55. The Balaban J connectivity index is 1.64. The van der Waals surface area contributed by atoms with Crippen molar-refractivity contribution in [2.45, 2.75) is 32.1 Å². The van der Waals surface area contributed by atoms with Gasteiger partial charge in [-0.2, -0.15) is 0 Å². The normalized spacial score (nSPS) is 14.6. The minimum atomic E-state index is -0.0959. The highest BCUT2D eigenvalue weighted by molar-refractivity contribution is 6.30. The lowest BCUT2D eigenvalue weighted by Gasteiger charge is -2.13. The molecule has 0 spiro atoms. The predicted molar refractivity (Wildman–Crippen MR) is 81.1 cm³/mol. The molecule has 1 N–H and O–H groups in total. The fourth-order valence-electron chi connectivity index (χ4n) is 2.25. The van der Waals surface area contributed by atoms with E-state index in [-0.39, 0.29) is 12.5 Å². The van der Waals surface area contributed by atoms with E-state index in [1.165, 1.54) is 31.3 Å². The molecule has 3 nitrogen and oxygen atoms in total. The number of halogens is 1. The van der Waals surface area contributed by atoms with E-state index in [1.54, 1.807) is 24.3 Å². The third kappa shape index (κ3) is 5.25. The molecule has 1 aliphatic rings. The molecular weight excluding hydrogens is 274 g/mol. The van der Waals surface area contributed by atoms with Gasteiger partial charge in [-0.15, -0.1) is 0 Å². The summed E-state index contributed by atoms with van der Waals surface area (Å²) < 4.78 is 5.38. The average Bonchev–Trinajstić information content (AvgIpc) is 2.46. The van der Waals surface area contributed by atoms with Crippen molar-refractivity contribution in [3.8, 4) is 5.75 Å². The maximum Gasteiger partial charge on any atom is 0.257 e. The number of hydrogen-bond donors (Lipinski definition) is 1. The van der Waals surface area contributed by atoms with Crippen LogP contribution in [0.15, 0.2) is 35.9 Å². The molecule has 0 saturated carbocycles. The number of carbonyl (C=O) groups is 1. The zero-order chi connectivity index (χ0) is 14.2. The van der Waals surface area contributed by atoms with E-state index in [0.717, 1.165) is 6.42 Å². The van der Waals surface area contributed by atoms with Crippen LogP contribution in [-0.4, -0.2) is 19.1 Å². The Morgan fingerprint density at radius 3 is 3.00 bits per heavy atom. The smallest absolute Gasteiger partial charge is 0.257 e. The van der Waals surface area contributed by atoms with Gasteiger partial charge in [0.2, 0.25) is 0 Å². The SMILES string of the molecule is O=C(COc1cccc(Cl)c1)NCCC1=CCCCC1. The topological polar surface area (TPSA) is 38.3 Å². The third-order valence-electron chi connectivity index (χ3n) is 3.32. The molecule has 1 aromatic rings. The first-order chi connectivity index (χ1) is 9.74. The van der Waals surface area contributed by atoms with Gasteiger partial charge in [0.15, 0.2) is 6.61 Å². The summed E-state index contributed by atoms with van der Waals surface area (Å²) in [5.74, 6) is 0.518. The molecule has 20 heavy (non-hydrogen) atoms. The van der Waals surface area contributed by atoms with Crippen LogP contribution < -0.4 is 10.1 Å². The van der Waals surface area contributed by atoms with E-state index in [2.05, 4.69) is 11.4 Å². The molecular formula is C16H20ClNO2. The molecule has 0 fully saturated rings. The second kappa shape index (κ2) is 7.95. The molecule has 0 radical (unpaired) electrons.